The maximum absolute atomic E-state index is 12.9. The molecule has 1 fully saturated rings. The molecule has 0 saturated carbocycles. The van der Waals surface area contributed by atoms with Crippen molar-refractivity contribution in [1.29, 1.82) is 0 Å². The number of benzene rings is 3. The summed E-state index contributed by atoms with van der Waals surface area (Å²) in [5.74, 6) is 0.773. The molecule has 184 valence electrons. The van der Waals surface area contributed by atoms with E-state index in [4.69, 9.17) is 9.15 Å². The predicted octanol–water partition coefficient (Wildman–Crippen LogP) is 4.98. The molecule has 5 rings (SSSR count). The van der Waals surface area contributed by atoms with Crippen LogP contribution in [-0.2, 0) is 11.2 Å². The molecule has 2 heterocycles. The first-order chi connectivity index (χ1) is 17.6. The van der Waals surface area contributed by atoms with Gasteiger partial charge in [-0.3, -0.25) is 9.59 Å². The molecule has 4 aromatic rings. The lowest BCUT2D eigenvalue weighted by Gasteiger charge is -2.35. The van der Waals surface area contributed by atoms with Gasteiger partial charge in [-0.05, 0) is 60.5 Å². The van der Waals surface area contributed by atoms with Crippen molar-refractivity contribution >= 4 is 34.2 Å². The summed E-state index contributed by atoms with van der Waals surface area (Å²) >= 11 is 0. The van der Waals surface area contributed by atoms with Crippen molar-refractivity contribution in [3.63, 3.8) is 0 Å². The molecule has 0 bridgehead atoms. The van der Waals surface area contributed by atoms with Crippen molar-refractivity contribution in [2.75, 3.05) is 43.0 Å². The Morgan fingerprint density at radius 1 is 0.917 bits per heavy atom. The Hall–Kier alpha value is -4.26. The SMILES string of the molecule is CCc1ccc(OCC(=O)Nc2ccc(N3CCN(C(=O)c4cc5ccccc5o4)CC3)cc2)cc1. The van der Waals surface area contributed by atoms with Crippen molar-refractivity contribution in [2.24, 2.45) is 0 Å². The van der Waals surface area contributed by atoms with Gasteiger partial charge >= 0.3 is 0 Å². The fraction of sp³-hybridized carbons (Fsp3) is 0.241. The molecule has 0 spiro atoms. The Balaban J connectivity index is 1.10. The zero-order valence-electron chi connectivity index (χ0n) is 20.3. The maximum atomic E-state index is 12.9. The Kier molecular flexibility index (Phi) is 6.89. The fourth-order valence-corrected chi connectivity index (χ4v) is 4.33. The van der Waals surface area contributed by atoms with Gasteiger partial charge in [0.2, 0.25) is 0 Å². The molecule has 3 aromatic carbocycles. The third-order valence-electron chi connectivity index (χ3n) is 6.42. The van der Waals surface area contributed by atoms with Gasteiger partial charge in [0.05, 0.1) is 0 Å². The normalized spacial score (nSPS) is 13.6. The number of anilines is 2. The van der Waals surface area contributed by atoms with Crippen LogP contribution in [-0.4, -0.2) is 49.5 Å². The second kappa shape index (κ2) is 10.6. The number of carbonyl (C=O) groups excluding carboxylic acids is 2. The van der Waals surface area contributed by atoms with Crippen LogP contribution in [0.1, 0.15) is 23.0 Å². The number of ether oxygens (including phenoxy) is 1. The van der Waals surface area contributed by atoms with Crippen molar-refractivity contribution in [2.45, 2.75) is 13.3 Å². The number of hydrogen-bond acceptors (Lipinski definition) is 5. The monoisotopic (exact) mass is 483 g/mol. The van der Waals surface area contributed by atoms with Crippen molar-refractivity contribution in [3.05, 3.63) is 90.2 Å². The van der Waals surface area contributed by atoms with Crippen molar-refractivity contribution in [1.82, 2.24) is 4.90 Å². The van der Waals surface area contributed by atoms with Gasteiger partial charge in [0.1, 0.15) is 11.3 Å². The number of fused-ring (bicyclic) bond motifs is 1. The molecule has 7 heteroatoms. The lowest BCUT2D eigenvalue weighted by Crippen LogP contribution is -2.48. The summed E-state index contributed by atoms with van der Waals surface area (Å²) in [5, 5.41) is 3.80. The molecule has 0 unspecified atom stereocenters. The highest BCUT2D eigenvalue weighted by molar-refractivity contribution is 5.96. The lowest BCUT2D eigenvalue weighted by atomic mass is 10.2. The molecular formula is C29H29N3O4. The minimum absolute atomic E-state index is 0.0472. The van der Waals surface area contributed by atoms with E-state index in [1.54, 1.807) is 0 Å². The molecule has 0 radical (unpaired) electrons. The highest BCUT2D eigenvalue weighted by Gasteiger charge is 2.24. The molecule has 2 amide bonds. The van der Waals surface area contributed by atoms with Gasteiger partial charge in [-0.25, -0.2) is 0 Å². The number of rotatable bonds is 7. The van der Waals surface area contributed by atoms with E-state index in [9.17, 15) is 9.59 Å². The number of hydrogen-bond donors (Lipinski definition) is 1. The first-order valence-corrected chi connectivity index (χ1v) is 12.2. The van der Waals surface area contributed by atoms with Crippen LogP contribution in [0, 0.1) is 0 Å². The molecular weight excluding hydrogens is 454 g/mol. The minimum atomic E-state index is -0.208. The van der Waals surface area contributed by atoms with Crippen LogP contribution in [0.4, 0.5) is 11.4 Å². The van der Waals surface area contributed by atoms with Crippen LogP contribution in [0.2, 0.25) is 0 Å². The van der Waals surface area contributed by atoms with E-state index in [1.165, 1.54) is 5.56 Å². The highest BCUT2D eigenvalue weighted by Crippen LogP contribution is 2.23. The summed E-state index contributed by atoms with van der Waals surface area (Å²) in [6.07, 6.45) is 0.965. The van der Waals surface area contributed by atoms with Crippen LogP contribution in [0.15, 0.2) is 83.3 Å². The maximum Gasteiger partial charge on any atom is 0.289 e. The van der Waals surface area contributed by atoms with Crippen LogP contribution in [0.25, 0.3) is 11.0 Å². The first-order valence-electron chi connectivity index (χ1n) is 12.2. The number of aryl methyl sites for hydroxylation is 1. The molecule has 7 nitrogen and oxygen atoms in total. The Morgan fingerprint density at radius 2 is 1.64 bits per heavy atom. The quantitative estimate of drug-likeness (QED) is 0.402. The Bertz CT molecular complexity index is 1300. The second-order valence-electron chi connectivity index (χ2n) is 8.81. The number of nitrogens with zero attached hydrogens (tertiary/aromatic N) is 2. The smallest absolute Gasteiger partial charge is 0.289 e. The van der Waals surface area contributed by atoms with Crippen LogP contribution in [0.5, 0.6) is 5.75 Å². The summed E-state index contributed by atoms with van der Waals surface area (Å²) in [6, 6.07) is 24.9. The fourth-order valence-electron chi connectivity index (χ4n) is 4.33. The topological polar surface area (TPSA) is 75.0 Å². The van der Waals surface area contributed by atoms with E-state index in [1.807, 2.05) is 83.8 Å². The average molecular weight is 484 g/mol. The van der Waals surface area contributed by atoms with E-state index < -0.39 is 0 Å². The predicted molar refractivity (Wildman–Crippen MR) is 141 cm³/mol. The van der Waals surface area contributed by atoms with Crippen LogP contribution in [0.3, 0.4) is 0 Å². The van der Waals surface area contributed by atoms with Gasteiger partial charge in [-0.1, -0.05) is 37.3 Å². The van der Waals surface area contributed by atoms with Crippen molar-refractivity contribution < 1.29 is 18.7 Å². The highest BCUT2D eigenvalue weighted by atomic mass is 16.5. The third kappa shape index (κ3) is 5.35. The number of para-hydroxylation sites is 1. The molecule has 1 aliphatic heterocycles. The zero-order valence-corrected chi connectivity index (χ0v) is 20.3. The van der Waals surface area contributed by atoms with Gasteiger partial charge in [0.15, 0.2) is 12.4 Å². The Labute approximate surface area is 210 Å². The molecule has 1 aromatic heterocycles. The summed E-state index contributed by atoms with van der Waals surface area (Å²) in [5.41, 5.74) is 3.72. The summed E-state index contributed by atoms with van der Waals surface area (Å²) in [7, 11) is 0. The second-order valence-corrected chi connectivity index (χ2v) is 8.81. The third-order valence-corrected chi connectivity index (χ3v) is 6.42. The van der Waals surface area contributed by atoms with E-state index in [0.29, 0.717) is 30.3 Å². The number of carbonyl (C=O) groups is 2. The number of nitrogens with one attached hydrogen (secondary N) is 1. The molecule has 1 aliphatic rings. The largest absolute Gasteiger partial charge is 0.484 e. The van der Waals surface area contributed by atoms with Gasteiger partial charge in [-0.15, -0.1) is 0 Å². The van der Waals surface area contributed by atoms with Gasteiger partial charge in [-0.2, -0.15) is 0 Å². The minimum Gasteiger partial charge on any atom is -0.484 e. The summed E-state index contributed by atoms with van der Waals surface area (Å²) in [4.78, 5) is 29.2. The standard InChI is InChI=1S/C29H29N3O4/c1-2-21-7-13-25(14-8-21)35-20-28(33)30-23-9-11-24(12-10-23)31-15-17-32(18-16-31)29(34)27-19-22-5-3-4-6-26(22)36-27/h3-14,19H,2,15-18,20H2,1H3,(H,30,33). The molecule has 1 N–H and O–H groups in total. The van der Waals surface area contributed by atoms with E-state index in [0.717, 1.165) is 36.2 Å². The number of furan rings is 1. The van der Waals surface area contributed by atoms with E-state index in [2.05, 4.69) is 17.1 Å². The van der Waals surface area contributed by atoms with Crippen LogP contribution >= 0.6 is 0 Å². The average Bonchev–Trinajstić information content (AvgIpc) is 3.37. The summed E-state index contributed by atoms with van der Waals surface area (Å²) < 4.78 is 11.3. The van der Waals surface area contributed by atoms with Crippen LogP contribution < -0.4 is 15.0 Å². The summed E-state index contributed by atoms with van der Waals surface area (Å²) in [6.45, 7) is 4.73. The van der Waals surface area contributed by atoms with Gasteiger partial charge in [0.25, 0.3) is 11.8 Å². The lowest BCUT2D eigenvalue weighted by molar-refractivity contribution is -0.118. The first kappa shape index (κ1) is 23.5. The zero-order chi connectivity index (χ0) is 24.9. The molecule has 0 aliphatic carbocycles. The van der Waals surface area contributed by atoms with E-state index >= 15 is 0 Å². The van der Waals surface area contributed by atoms with Gasteiger partial charge < -0.3 is 24.3 Å². The molecule has 1 saturated heterocycles. The van der Waals surface area contributed by atoms with Gasteiger partial charge in [0, 0.05) is 42.9 Å². The van der Waals surface area contributed by atoms with Crippen molar-refractivity contribution in [3.8, 4) is 5.75 Å². The molecule has 0 atom stereocenters. The number of piperazine rings is 1. The molecule has 36 heavy (non-hydrogen) atoms. The number of amides is 2. The van der Waals surface area contributed by atoms with E-state index in [-0.39, 0.29) is 18.4 Å². The Morgan fingerprint density at radius 3 is 2.33 bits per heavy atom.